The highest BCUT2D eigenvalue weighted by atomic mass is 32.2. The lowest BCUT2D eigenvalue weighted by atomic mass is 10.2. The SMILES string of the molecule is CCOc1cc(/C=N\NC(=O)CSc2nc3ccccc3n2C)cc([N+](=O)[O-])c1OC. The minimum Gasteiger partial charge on any atom is -0.490 e. The number of nitro benzene ring substituents is 1. The molecular formula is C20H21N5O5S. The summed E-state index contributed by atoms with van der Waals surface area (Å²) in [6.45, 7) is 2.07. The minimum absolute atomic E-state index is 0.0342. The van der Waals surface area contributed by atoms with Crippen molar-refractivity contribution in [3.63, 3.8) is 0 Å². The van der Waals surface area contributed by atoms with Crippen molar-refractivity contribution in [2.45, 2.75) is 12.1 Å². The number of benzene rings is 2. The second kappa shape index (κ2) is 9.94. The molecule has 1 aromatic heterocycles. The fourth-order valence-electron chi connectivity index (χ4n) is 2.88. The van der Waals surface area contributed by atoms with Crippen molar-refractivity contribution in [3.05, 3.63) is 52.1 Å². The van der Waals surface area contributed by atoms with Crippen LogP contribution in [0, 0.1) is 10.1 Å². The zero-order valence-electron chi connectivity index (χ0n) is 17.2. The van der Waals surface area contributed by atoms with Crippen LogP contribution in [0.5, 0.6) is 11.5 Å². The molecule has 0 aliphatic rings. The Labute approximate surface area is 182 Å². The number of amides is 1. The van der Waals surface area contributed by atoms with Gasteiger partial charge in [-0.1, -0.05) is 23.9 Å². The molecule has 0 fully saturated rings. The Kier molecular flexibility index (Phi) is 7.08. The number of rotatable bonds is 9. The fraction of sp³-hybridized carbons (Fsp3) is 0.250. The monoisotopic (exact) mass is 443 g/mol. The van der Waals surface area contributed by atoms with Gasteiger partial charge in [-0.2, -0.15) is 5.10 Å². The number of aryl methyl sites for hydroxylation is 1. The maximum Gasteiger partial charge on any atom is 0.315 e. The average molecular weight is 443 g/mol. The first-order valence-electron chi connectivity index (χ1n) is 9.30. The molecule has 11 heteroatoms. The molecule has 3 aromatic rings. The van der Waals surface area contributed by atoms with E-state index < -0.39 is 4.92 Å². The molecule has 0 saturated carbocycles. The van der Waals surface area contributed by atoms with Crippen LogP contribution < -0.4 is 14.9 Å². The third kappa shape index (κ3) is 5.12. The highest BCUT2D eigenvalue weighted by molar-refractivity contribution is 7.99. The summed E-state index contributed by atoms with van der Waals surface area (Å²) in [5, 5.41) is 15.9. The Hall–Kier alpha value is -3.60. The van der Waals surface area contributed by atoms with Crippen LogP contribution in [-0.2, 0) is 11.8 Å². The number of hydrogen-bond donors (Lipinski definition) is 1. The number of nitrogens with one attached hydrogen (secondary N) is 1. The molecule has 162 valence electrons. The molecular weight excluding hydrogens is 422 g/mol. The van der Waals surface area contributed by atoms with Gasteiger partial charge in [0.05, 0.1) is 41.6 Å². The van der Waals surface area contributed by atoms with Crippen LogP contribution in [0.4, 0.5) is 5.69 Å². The number of fused-ring (bicyclic) bond motifs is 1. The molecule has 0 spiro atoms. The fourth-order valence-corrected chi connectivity index (χ4v) is 3.66. The van der Waals surface area contributed by atoms with E-state index in [1.807, 2.05) is 35.9 Å². The number of thioether (sulfide) groups is 1. The lowest BCUT2D eigenvalue weighted by molar-refractivity contribution is -0.385. The summed E-state index contributed by atoms with van der Waals surface area (Å²) in [4.78, 5) is 27.4. The first-order valence-corrected chi connectivity index (χ1v) is 10.3. The largest absolute Gasteiger partial charge is 0.490 e. The van der Waals surface area contributed by atoms with Gasteiger partial charge >= 0.3 is 5.69 Å². The number of hydrazone groups is 1. The van der Waals surface area contributed by atoms with E-state index in [9.17, 15) is 14.9 Å². The Morgan fingerprint density at radius 1 is 1.39 bits per heavy atom. The van der Waals surface area contributed by atoms with Gasteiger partial charge in [-0.05, 0) is 25.1 Å². The molecule has 2 aromatic carbocycles. The Balaban J connectivity index is 1.66. The highest BCUT2D eigenvalue weighted by Gasteiger charge is 2.21. The van der Waals surface area contributed by atoms with Gasteiger partial charge in [0, 0.05) is 18.7 Å². The number of para-hydroxylation sites is 2. The van der Waals surface area contributed by atoms with E-state index in [1.54, 1.807) is 13.0 Å². The number of imidazole rings is 1. The topological polar surface area (TPSA) is 121 Å². The van der Waals surface area contributed by atoms with Crippen LogP contribution in [0.25, 0.3) is 11.0 Å². The summed E-state index contributed by atoms with van der Waals surface area (Å²) in [6.07, 6.45) is 1.31. The Bertz CT molecular complexity index is 1140. The highest BCUT2D eigenvalue weighted by Crippen LogP contribution is 2.37. The van der Waals surface area contributed by atoms with E-state index in [1.165, 1.54) is 31.2 Å². The zero-order valence-corrected chi connectivity index (χ0v) is 18.0. The molecule has 0 aliphatic carbocycles. The van der Waals surface area contributed by atoms with Crippen molar-refractivity contribution >= 4 is 40.6 Å². The van der Waals surface area contributed by atoms with Crippen molar-refractivity contribution < 1.29 is 19.2 Å². The summed E-state index contributed by atoms with van der Waals surface area (Å²) >= 11 is 1.29. The number of ether oxygens (including phenoxy) is 2. The van der Waals surface area contributed by atoms with E-state index in [0.717, 1.165) is 11.0 Å². The molecule has 1 N–H and O–H groups in total. The van der Waals surface area contributed by atoms with Gasteiger partial charge < -0.3 is 14.0 Å². The van der Waals surface area contributed by atoms with Gasteiger partial charge in [0.1, 0.15) is 0 Å². The van der Waals surface area contributed by atoms with E-state index in [0.29, 0.717) is 17.3 Å². The first-order chi connectivity index (χ1) is 14.9. The molecule has 0 radical (unpaired) electrons. The quantitative estimate of drug-likeness (QED) is 0.233. The maximum absolute atomic E-state index is 12.1. The Morgan fingerprint density at radius 2 is 2.16 bits per heavy atom. The van der Waals surface area contributed by atoms with Crippen molar-refractivity contribution in [1.82, 2.24) is 15.0 Å². The van der Waals surface area contributed by atoms with Gasteiger partial charge in [0.25, 0.3) is 5.91 Å². The number of hydrogen-bond acceptors (Lipinski definition) is 8. The van der Waals surface area contributed by atoms with Crippen LogP contribution in [0.1, 0.15) is 12.5 Å². The standard InChI is InChI=1S/C20H21N5O5S/c1-4-30-17-10-13(9-16(25(27)28)19(17)29-3)11-21-23-18(26)12-31-20-22-14-7-5-6-8-15(14)24(20)2/h5-11H,4,12H2,1-3H3,(H,23,26)/b21-11-. The number of nitro groups is 1. The number of carbonyl (C=O) groups is 1. The summed E-state index contributed by atoms with van der Waals surface area (Å²) in [5.74, 6) is 0.0409. The van der Waals surface area contributed by atoms with Crippen LogP contribution in [0.15, 0.2) is 46.7 Å². The summed E-state index contributed by atoms with van der Waals surface area (Å²) in [5.41, 5.74) is 4.39. The molecule has 0 atom stereocenters. The summed E-state index contributed by atoms with van der Waals surface area (Å²) in [6, 6.07) is 10.6. The van der Waals surface area contributed by atoms with Gasteiger partial charge in [-0.3, -0.25) is 14.9 Å². The number of aromatic nitrogens is 2. The molecule has 0 aliphatic heterocycles. The number of methoxy groups -OCH3 is 1. The molecule has 0 unspecified atom stereocenters. The predicted octanol–water partition coefficient (Wildman–Crippen LogP) is 3.13. The summed E-state index contributed by atoms with van der Waals surface area (Å²) < 4.78 is 12.4. The van der Waals surface area contributed by atoms with Crippen LogP contribution in [-0.4, -0.2) is 46.1 Å². The molecule has 10 nitrogen and oxygen atoms in total. The van der Waals surface area contributed by atoms with Gasteiger partial charge in [0.15, 0.2) is 10.9 Å². The van der Waals surface area contributed by atoms with Gasteiger partial charge in [0.2, 0.25) is 5.75 Å². The average Bonchev–Trinajstić information content (AvgIpc) is 3.08. The second-order valence-corrected chi connectivity index (χ2v) is 7.23. The summed E-state index contributed by atoms with van der Waals surface area (Å²) in [7, 11) is 3.22. The van der Waals surface area contributed by atoms with Crippen LogP contribution in [0.3, 0.4) is 0 Å². The number of nitrogens with zero attached hydrogens (tertiary/aromatic N) is 4. The van der Waals surface area contributed by atoms with Crippen molar-refractivity contribution in [1.29, 1.82) is 0 Å². The van der Waals surface area contributed by atoms with Crippen molar-refractivity contribution in [2.24, 2.45) is 12.1 Å². The minimum atomic E-state index is -0.565. The van der Waals surface area contributed by atoms with Crippen molar-refractivity contribution in [3.8, 4) is 11.5 Å². The van der Waals surface area contributed by atoms with E-state index in [4.69, 9.17) is 9.47 Å². The first kappa shape index (κ1) is 22.1. The second-order valence-electron chi connectivity index (χ2n) is 6.29. The molecule has 1 heterocycles. The Morgan fingerprint density at radius 3 is 2.84 bits per heavy atom. The van der Waals surface area contributed by atoms with E-state index >= 15 is 0 Å². The lowest BCUT2D eigenvalue weighted by Crippen LogP contribution is -2.19. The smallest absolute Gasteiger partial charge is 0.315 e. The normalized spacial score (nSPS) is 11.1. The zero-order chi connectivity index (χ0) is 22.4. The molecule has 0 saturated heterocycles. The van der Waals surface area contributed by atoms with Crippen molar-refractivity contribution in [2.75, 3.05) is 19.5 Å². The lowest BCUT2D eigenvalue weighted by Gasteiger charge is -2.10. The molecule has 1 amide bonds. The third-order valence-electron chi connectivity index (χ3n) is 4.24. The van der Waals surface area contributed by atoms with Gasteiger partial charge in [-0.15, -0.1) is 0 Å². The predicted molar refractivity (Wildman–Crippen MR) is 118 cm³/mol. The molecule has 31 heavy (non-hydrogen) atoms. The third-order valence-corrected chi connectivity index (χ3v) is 5.27. The molecule has 3 rings (SSSR count). The van der Waals surface area contributed by atoms with Gasteiger partial charge in [-0.25, -0.2) is 10.4 Å². The maximum atomic E-state index is 12.1. The van der Waals surface area contributed by atoms with Crippen LogP contribution >= 0.6 is 11.8 Å². The molecule has 0 bridgehead atoms. The number of carbonyl (C=O) groups excluding carboxylic acids is 1. The van der Waals surface area contributed by atoms with E-state index in [2.05, 4.69) is 15.5 Å². The van der Waals surface area contributed by atoms with E-state index in [-0.39, 0.29) is 28.8 Å². The van der Waals surface area contributed by atoms with Crippen LogP contribution in [0.2, 0.25) is 0 Å².